The number of rotatable bonds is 7. The first kappa shape index (κ1) is 18.4. The number of nitrogens with one attached hydrogen (secondary N) is 1. The summed E-state index contributed by atoms with van der Waals surface area (Å²) >= 11 is 0. The van der Waals surface area contributed by atoms with Crippen LogP contribution in [0.4, 0.5) is 0 Å². The molecule has 1 N–H and O–H groups in total. The van der Waals surface area contributed by atoms with Gasteiger partial charge in [-0.2, -0.15) is 0 Å². The molecule has 0 atom stereocenters. The Morgan fingerprint density at radius 2 is 1.25 bits per heavy atom. The molecule has 0 rings (SSSR count). The summed E-state index contributed by atoms with van der Waals surface area (Å²) in [5.74, 6) is 0. The predicted octanol–water partition coefficient (Wildman–Crippen LogP) is 0.459. The van der Waals surface area contributed by atoms with Crippen LogP contribution >= 0.6 is 7.82 Å². The average Bonchev–Trinajstić information content (AvgIpc) is 2.21. The second kappa shape index (κ2) is 11.6. The summed E-state index contributed by atoms with van der Waals surface area (Å²) in [7, 11) is -3.94. The second-order valence-corrected chi connectivity index (χ2v) is 4.50. The van der Waals surface area contributed by atoms with Crippen molar-refractivity contribution in [3.05, 3.63) is 0 Å². The van der Waals surface area contributed by atoms with Gasteiger partial charge in [-0.1, -0.05) is 0 Å². The van der Waals surface area contributed by atoms with Crippen molar-refractivity contribution >= 4 is 7.82 Å². The van der Waals surface area contributed by atoms with E-state index in [0.717, 1.165) is 0 Å². The lowest BCUT2D eigenvalue weighted by Gasteiger charge is -2.20. The lowest BCUT2D eigenvalue weighted by molar-refractivity contribution is -0.894. The van der Waals surface area contributed by atoms with Gasteiger partial charge in [0.05, 0.1) is 32.8 Å². The van der Waals surface area contributed by atoms with Crippen LogP contribution in [0.3, 0.4) is 0 Å². The molecule has 0 unspecified atom stereocenters. The summed E-state index contributed by atoms with van der Waals surface area (Å²) in [6.07, 6.45) is 0. The summed E-state index contributed by atoms with van der Waals surface area (Å²) in [6, 6.07) is 0. The van der Waals surface area contributed by atoms with Gasteiger partial charge in [0, 0.05) is 0 Å². The maximum Gasteiger partial charge on any atom is 0.267 e. The molecule has 0 aliphatic heterocycles. The van der Waals surface area contributed by atoms with Gasteiger partial charge in [0.1, 0.15) is 0 Å². The maximum atomic E-state index is 10.4. The van der Waals surface area contributed by atoms with E-state index >= 15 is 0 Å². The van der Waals surface area contributed by atoms with Crippen LogP contribution < -0.4 is 9.79 Å². The molecule has 0 saturated carbocycles. The lowest BCUT2D eigenvalue weighted by Crippen LogP contribution is -3.11. The van der Waals surface area contributed by atoms with E-state index in [4.69, 9.17) is 0 Å². The molecule has 0 radical (unpaired) electrons. The Labute approximate surface area is 99.4 Å². The van der Waals surface area contributed by atoms with Gasteiger partial charge < -0.3 is 18.8 Å². The van der Waals surface area contributed by atoms with Crippen molar-refractivity contribution in [2.45, 2.75) is 34.6 Å². The lowest BCUT2D eigenvalue weighted by atomic mass is 10.5. The molecule has 0 amide bonds. The van der Waals surface area contributed by atoms with Gasteiger partial charge in [-0.25, -0.2) is 0 Å². The van der Waals surface area contributed by atoms with Crippen molar-refractivity contribution in [3.63, 3.8) is 0 Å². The molecule has 0 aliphatic rings. The second-order valence-electron chi connectivity index (χ2n) is 3.09. The number of phosphoric acid groups is 1. The molecule has 0 bridgehead atoms. The zero-order valence-corrected chi connectivity index (χ0v) is 12.0. The molecule has 0 spiro atoms. The van der Waals surface area contributed by atoms with Crippen molar-refractivity contribution in [1.82, 2.24) is 0 Å². The van der Waals surface area contributed by atoms with E-state index in [1.165, 1.54) is 19.6 Å². The fourth-order valence-electron chi connectivity index (χ4n) is 1.10. The molecule has 16 heavy (non-hydrogen) atoms. The Morgan fingerprint density at radius 3 is 1.38 bits per heavy atom. The number of hydrogen-bond acceptors (Lipinski definition) is 4. The molecule has 0 aromatic carbocycles. The largest absolute Gasteiger partial charge is 0.756 e. The summed E-state index contributed by atoms with van der Waals surface area (Å²) in [4.78, 5) is 12.1. The monoisotopic (exact) mass is 255 g/mol. The summed E-state index contributed by atoms with van der Waals surface area (Å²) in [5, 5.41) is 0. The smallest absolute Gasteiger partial charge is 0.267 e. The predicted molar refractivity (Wildman–Crippen MR) is 63.4 cm³/mol. The van der Waals surface area contributed by atoms with Crippen molar-refractivity contribution < 1.29 is 23.4 Å². The van der Waals surface area contributed by atoms with Crippen molar-refractivity contribution in [3.8, 4) is 0 Å². The standard InChI is InChI=1S/C6H15N.C4H11O4P/c1-4-7(5-2)6-3;1-3-7-9(5,6)8-4-2/h4-6H2,1-3H3;3-4H2,1-2H3,(H,5,6). The zero-order chi connectivity index (χ0) is 13.0. The highest BCUT2D eigenvalue weighted by Gasteiger charge is 2.04. The van der Waals surface area contributed by atoms with Gasteiger partial charge in [-0.15, -0.1) is 0 Å². The minimum atomic E-state index is -3.94. The highest BCUT2D eigenvalue weighted by Crippen LogP contribution is 2.37. The van der Waals surface area contributed by atoms with Gasteiger partial charge >= 0.3 is 0 Å². The molecule has 0 aromatic rings. The SMILES string of the molecule is CCOP(=O)([O-])OCC.CC[NH+](CC)CC. The van der Waals surface area contributed by atoms with Crippen LogP contribution in [0.2, 0.25) is 0 Å². The van der Waals surface area contributed by atoms with Gasteiger partial charge in [0.15, 0.2) is 0 Å². The van der Waals surface area contributed by atoms with Crippen molar-refractivity contribution in [2.75, 3.05) is 32.8 Å². The third-order valence-corrected chi connectivity index (χ3v) is 3.22. The number of phosphoric ester groups is 1. The molecule has 0 fully saturated rings. The van der Waals surface area contributed by atoms with Crippen LogP contribution in [0, 0.1) is 0 Å². The molecule has 0 saturated heterocycles. The molecular weight excluding hydrogens is 229 g/mol. The first-order valence-corrected chi connectivity index (χ1v) is 7.36. The molecule has 5 nitrogen and oxygen atoms in total. The van der Waals surface area contributed by atoms with Crippen molar-refractivity contribution in [2.24, 2.45) is 0 Å². The highest BCUT2D eigenvalue weighted by molar-refractivity contribution is 7.45. The van der Waals surface area contributed by atoms with E-state index < -0.39 is 7.82 Å². The molecule has 0 heterocycles. The minimum absolute atomic E-state index is 0.126. The van der Waals surface area contributed by atoms with E-state index in [1.807, 2.05) is 0 Å². The molecule has 6 heteroatoms. The Balaban J connectivity index is 0. The van der Waals surface area contributed by atoms with Crippen LogP contribution in [0.25, 0.3) is 0 Å². The third-order valence-electron chi connectivity index (χ3n) is 2.07. The Bertz CT molecular complexity index is 170. The highest BCUT2D eigenvalue weighted by atomic mass is 31.2. The van der Waals surface area contributed by atoms with Gasteiger partial charge in [0.25, 0.3) is 7.82 Å². The van der Waals surface area contributed by atoms with Gasteiger partial charge in [-0.3, -0.25) is 4.57 Å². The van der Waals surface area contributed by atoms with Crippen LogP contribution in [0.1, 0.15) is 34.6 Å². The Kier molecular flexibility index (Phi) is 13.3. The summed E-state index contributed by atoms with van der Waals surface area (Å²) < 4.78 is 18.9. The van der Waals surface area contributed by atoms with Gasteiger partial charge in [0.2, 0.25) is 0 Å². The van der Waals surface area contributed by atoms with E-state index in [9.17, 15) is 9.46 Å². The van der Waals surface area contributed by atoms with Crippen LogP contribution in [-0.4, -0.2) is 32.8 Å². The third kappa shape index (κ3) is 12.1. The van der Waals surface area contributed by atoms with Crippen LogP contribution in [0.15, 0.2) is 0 Å². The van der Waals surface area contributed by atoms with Crippen LogP contribution in [-0.2, 0) is 13.6 Å². The average molecular weight is 255 g/mol. The summed E-state index contributed by atoms with van der Waals surface area (Å²) in [5.41, 5.74) is 0. The molecule has 0 aromatic heterocycles. The first-order chi connectivity index (χ1) is 7.47. The quantitative estimate of drug-likeness (QED) is 0.671. The Hall–Kier alpha value is 0.0700. The molecular formula is C10H26NO4P. The van der Waals surface area contributed by atoms with E-state index in [1.54, 1.807) is 18.7 Å². The topological polar surface area (TPSA) is 63.0 Å². The fourth-order valence-corrected chi connectivity index (χ4v) is 1.81. The summed E-state index contributed by atoms with van der Waals surface area (Å²) in [6.45, 7) is 13.9. The number of hydrogen-bond donors (Lipinski definition) is 1. The van der Waals surface area contributed by atoms with E-state index in [-0.39, 0.29) is 13.2 Å². The number of quaternary nitrogens is 1. The zero-order valence-electron chi connectivity index (χ0n) is 11.1. The van der Waals surface area contributed by atoms with Crippen molar-refractivity contribution in [1.29, 1.82) is 0 Å². The Morgan fingerprint density at radius 1 is 0.938 bits per heavy atom. The maximum absolute atomic E-state index is 10.4. The first-order valence-electron chi connectivity index (χ1n) is 5.90. The molecule has 0 aliphatic carbocycles. The van der Waals surface area contributed by atoms with Crippen LogP contribution in [0.5, 0.6) is 0 Å². The van der Waals surface area contributed by atoms with E-state index in [0.29, 0.717) is 0 Å². The van der Waals surface area contributed by atoms with Gasteiger partial charge in [-0.05, 0) is 34.6 Å². The van der Waals surface area contributed by atoms with E-state index in [2.05, 4.69) is 29.8 Å². The minimum Gasteiger partial charge on any atom is -0.756 e. The molecule has 100 valence electrons. The normalized spacial score (nSPS) is 11.2. The fraction of sp³-hybridized carbons (Fsp3) is 1.00.